The van der Waals surface area contributed by atoms with Crippen LogP contribution in [0.25, 0.3) is 0 Å². The number of carbonyl (C=O) groups excluding carboxylic acids is 1. The quantitative estimate of drug-likeness (QED) is 0.831. The first-order valence-corrected chi connectivity index (χ1v) is 9.18. The Labute approximate surface area is 149 Å². The van der Waals surface area contributed by atoms with Crippen molar-refractivity contribution in [1.82, 2.24) is 14.6 Å². The van der Waals surface area contributed by atoms with Gasteiger partial charge in [0.1, 0.15) is 4.90 Å². The molecule has 7 nitrogen and oxygen atoms in total. The number of nitrogens with one attached hydrogen (secondary N) is 1. The standard InChI is InChI=1S/C15H20F3N3O4S/c1-13(2)9-21(10-14(3,25-13)15(16,17)18)12(22)8-20-26(23,24)11-5-4-6-19-7-11/h4-7,20H,8-10H2,1-3H3. The molecular formula is C15H20F3N3O4S. The Balaban J connectivity index is 2.11. The van der Waals surface area contributed by atoms with Gasteiger partial charge < -0.3 is 9.64 Å². The van der Waals surface area contributed by atoms with E-state index >= 15 is 0 Å². The molecule has 1 atom stereocenters. The summed E-state index contributed by atoms with van der Waals surface area (Å²) in [6.45, 7) is 2.28. The molecule has 2 rings (SSSR count). The monoisotopic (exact) mass is 395 g/mol. The van der Waals surface area contributed by atoms with Gasteiger partial charge in [-0.2, -0.15) is 13.2 Å². The summed E-state index contributed by atoms with van der Waals surface area (Å²) >= 11 is 0. The third-order valence-corrected chi connectivity index (χ3v) is 5.26. The van der Waals surface area contributed by atoms with E-state index < -0.39 is 46.4 Å². The lowest BCUT2D eigenvalue weighted by atomic mass is 9.96. The fourth-order valence-electron chi connectivity index (χ4n) is 2.74. The fourth-order valence-corrected chi connectivity index (χ4v) is 3.67. The second kappa shape index (κ2) is 6.78. The zero-order chi connectivity index (χ0) is 19.8. The van der Waals surface area contributed by atoms with Crippen LogP contribution < -0.4 is 4.72 Å². The van der Waals surface area contributed by atoms with Gasteiger partial charge in [-0.3, -0.25) is 9.78 Å². The van der Waals surface area contributed by atoms with Crippen molar-refractivity contribution in [2.24, 2.45) is 0 Å². The van der Waals surface area contributed by atoms with Crippen molar-refractivity contribution < 1.29 is 31.1 Å². The van der Waals surface area contributed by atoms with Crippen molar-refractivity contribution in [2.75, 3.05) is 19.6 Å². The molecule has 1 unspecified atom stereocenters. The van der Waals surface area contributed by atoms with Crippen molar-refractivity contribution in [3.05, 3.63) is 24.5 Å². The van der Waals surface area contributed by atoms with Gasteiger partial charge >= 0.3 is 6.18 Å². The Morgan fingerprint density at radius 1 is 1.35 bits per heavy atom. The van der Waals surface area contributed by atoms with E-state index in [0.29, 0.717) is 0 Å². The molecule has 0 saturated carbocycles. The Morgan fingerprint density at radius 2 is 2.00 bits per heavy atom. The largest absolute Gasteiger partial charge is 0.418 e. The summed E-state index contributed by atoms with van der Waals surface area (Å²) in [6.07, 6.45) is -2.19. The lowest BCUT2D eigenvalue weighted by Crippen LogP contribution is -2.65. The molecule has 1 aliphatic heterocycles. The molecule has 2 heterocycles. The Kier molecular flexibility index (Phi) is 5.37. The maximum Gasteiger partial charge on any atom is 0.418 e. The highest BCUT2D eigenvalue weighted by Crippen LogP contribution is 2.40. The molecule has 0 bridgehead atoms. The highest BCUT2D eigenvalue weighted by molar-refractivity contribution is 7.89. The normalized spacial score (nSPS) is 23.7. The Morgan fingerprint density at radius 3 is 2.54 bits per heavy atom. The van der Waals surface area contributed by atoms with Crippen molar-refractivity contribution in [3.8, 4) is 0 Å². The number of nitrogens with zero attached hydrogens (tertiary/aromatic N) is 2. The molecule has 146 valence electrons. The molecule has 1 saturated heterocycles. The van der Waals surface area contributed by atoms with Gasteiger partial charge in [-0.1, -0.05) is 0 Å². The molecule has 11 heteroatoms. The van der Waals surface area contributed by atoms with Crippen LogP contribution in [0.5, 0.6) is 0 Å². The van der Waals surface area contributed by atoms with Crippen LogP contribution in [0.2, 0.25) is 0 Å². The maximum atomic E-state index is 13.3. The fraction of sp³-hybridized carbons (Fsp3) is 0.600. The number of hydrogen-bond donors (Lipinski definition) is 1. The van der Waals surface area contributed by atoms with Crippen molar-refractivity contribution in [1.29, 1.82) is 0 Å². The van der Waals surface area contributed by atoms with Crippen LogP contribution in [0, 0.1) is 0 Å². The van der Waals surface area contributed by atoms with Crippen LogP contribution >= 0.6 is 0 Å². The number of morpholine rings is 1. The van der Waals surface area contributed by atoms with Crippen molar-refractivity contribution >= 4 is 15.9 Å². The highest BCUT2D eigenvalue weighted by atomic mass is 32.2. The summed E-state index contributed by atoms with van der Waals surface area (Å²) in [5, 5.41) is 0. The van der Waals surface area contributed by atoms with Crippen molar-refractivity contribution in [3.63, 3.8) is 0 Å². The SMILES string of the molecule is CC1(C)CN(C(=O)CNS(=O)(=O)c2cccnc2)CC(C)(C(F)(F)F)O1. The predicted octanol–water partition coefficient (Wildman–Crippen LogP) is 1.32. The molecule has 1 N–H and O–H groups in total. The summed E-state index contributed by atoms with van der Waals surface area (Å²) in [6, 6.07) is 2.70. The molecule has 1 fully saturated rings. The van der Waals surface area contributed by atoms with Gasteiger partial charge in [-0.05, 0) is 32.9 Å². The number of amides is 1. The van der Waals surface area contributed by atoms with Gasteiger partial charge in [0, 0.05) is 18.9 Å². The third-order valence-electron chi connectivity index (χ3n) is 3.88. The minimum atomic E-state index is -4.68. The molecule has 0 radical (unpaired) electrons. The van der Waals surface area contributed by atoms with Crippen LogP contribution in [0.1, 0.15) is 20.8 Å². The summed E-state index contributed by atoms with van der Waals surface area (Å²) in [4.78, 5) is 16.8. The smallest absolute Gasteiger partial charge is 0.356 e. The molecule has 0 aromatic carbocycles. The van der Waals surface area contributed by atoms with Crippen LogP contribution in [0.4, 0.5) is 13.2 Å². The van der Waals surface area contributed by atoms with E-state index in [1.165, 1.54) is 32.2 Å². The highest BCUT2D eigenvalue weighted by Gasteiger charge is 2.58. The molecule has 0 spiro atoms. The summed E-state index contributed by atoms with van der Waals surface area (Å²) in [5.41, 5.74) is -3.77. The molecule has 1 aliphatic rings. The molecule has 1 aromatic heterocycles. The lowest BCUT2D eigenvalue weighted by Gasteiger charge is -2.48. The number of sulfonamides is 1. The molecular weight excluding hydrogens is 375 g/mol. The average molecular weight is 395 g/mol. The first-order valence-electron chi connectivity index (χ1n) is 7.70. The van der Waals surface area contributed by atoms with Crippen LogP contribution in [0.3, 0.4) is 0 Å². The minimum absolute atomic E-state index is 0.0911. The first kappa shape index (κ1) is 20.6. The maximum absolute atomic E-state index is 13.3. The van der Waals surface area contributed by atoms with E-state index in [2.05, 4.69) is 9.71 Å². The number of aromatic nitrogens is 1. The second-order valence-electron chi connectivity index (χ2n) is 6.85. The van der Waals surface area contributed by atoms with Gasteiger partial charge in [0.25, 0.3) is 0 Å². The van der Waals surface area contributed by atoms with Crippen LogP contribution in [-0.2, 0) is 19.6 Å². The van der Waals surface area contributed by atoms with E-state index in [0.717, 1.165) is 18.0 Å². The van der Waals surface area contributed by atoms with Gasteiger partial charge in [-0.15, -0.1) is 0 Å². The third kappa shape index (κ3) is 4.51. The summed E-state index contributed by atoms with van der Waals surface area (Å²) in [5.74, 6) is -0.774. The number of ether oxygens (including phenoxy) is 1. The number of carbonyl (C=O) groups is 1. The summed E-state index contributed by atoms with van der Waals surface area (Å²) in [7, 11) is -3.99. The minimum Gasteiger partial charge on any atom is -0.356 e. The zero-order valence-electron chi connectivity index (χ0n) is 14.5. The Hall–Kier alpha value is -1.72. The van der Waals surface area contributed by atoms with Gasteiger partial charge in [-0.25, -0.2) is 13.1 Å². The molecule has 0 aliphatic carbocycles. The summed E-state index contributed by atoms with van der Waals surface area (Å²) < 4.78 is 71.4. The van der Waals surface area contributed by atoms with E-state index in [1.807, 2.05) is 0 Å². The van der Waals surface area contributed by atoms with Crippen LogP contribution in [-0.4, -0.2) is 61.2 Å². The number of rotatable bonds is 4. The first-order chi connectivity index (χ1) is 11.8. The number of hydrogen-bond acceptors (Lipinski definition) is 5. The average Bonchev–Trinajstić information content (AvgIpc) is 2.50. The van der Waals surface area contributed by atoms with E-state index in [1.54, 1.807) is 0 Å². The molecule has 1 amide bonds. The van der Waals surface area contributed by atoms with E-state index in [-0.39, 0.29) is 11.4 Å². The van der Waals surface area contributed by atoms with Gasteiger partial charge in [0.15, 0.2) is 5.60 Å². The number of alkyl halides is 3. The lowest BCUT2D eigenvalue weighted by molar-refractivity contribution is -0.319. The Bertz CT molecular complexity index is 768. The molecule has 26 heavy (non-hydrogen) atoms. The predicted molar refractivity (Wildman–Crippen MR) is 85.6 cm³/mol. The van der Waals surface area contributed by atoms with Crippen molar-refractivity contribution in [2.45, 2.75) is 43.0 Å². The second-order valence-corrected chi connectivity index (χ2v) is 8.62. The van der Waals surface area contributed by atoms with Crippen LogP contribution in [0.15, 0.2) is 29.4 Å². The molecule has 1 aromatic rings. The number of halogens is 3. The van der Waals surface area contributed by atoms with Gasteiger partial charge in [0.05, 0.1) is 18.7 Å². The topological polar surface area (TPSA) is 88.6 Å². The zero-order valence-corrected chi connectivity index (χ0v) is 15.3. The van der Waals surface area contributed by atoms with E-state index in [9.17, 15) is 26.4 Å². The van der Waals surface area contributed by atoms with E-state index in [4.69, 9.17) is 4.74 Å². The number of pyridine rings is 1. The van der Waals surface area contributed by atoms with Gasteiger partial charge in [0.2, 0.25) is 15.9 Å².